The first-order valence-corrected chi connectivity index (χ1v) is 10.6. The summed E-state index contributed by atoms with van der Waals surface area (Å²) in [6.07, 6.45) is 0.819. The Bertz CT molecular complexity index is 1120. The van der Waals surface area contributed by atoms with Gasteiger partial charge in [0.05, 0.1) is 6.54 Å². The molecule has 1 amide bonds. The lowest BCUT2D eigenvalue weighted by Gasteiger charge is -2.35. The summed E-state index contributed by atoms with van der Waals surface area (Å²) in [5.74, 6) is 2.06. The highest BCUT2D eigenvalue weighted by molar-refractivity contribution is 5.82. The fraction of sp³-hybridized carbons (Fsp3) is 0.435. The fourth-order valence-electron chi connectivity index (χ4n) is 4.13. The average molecular weight is 422 g/mol. The Kier molecular flexibility index (Phi) is 5.96. The van der Waals surface area contributed by atoms with E-state index in [0.717, 1.165) is 28.7 Å². The Hall–Kier alpha value is -3.31. The number of furan rings is 1. The number of nitriles is 1. The molecule has 162 valence electrons. The van der Waals surface area contributed by atoms with Gasteiger partial charge in [0.25, 0.3) is 0 Å². The van der Waals surface area contributed by atoms with E-state index in [-0.39, 0.29) is 5.91 Å². The van der Waals surface area contributed by atoms with Crippen LogP contribution in [0.25, 0.3) is 11.0 Å². The molecule has 2 aromatic heterocycles. The molecule has 0 radical (unpaired) electrons. The van der Waals surface area contributed by atoms with Crippen LogP contribution in [0, 0.1) is 18.3 Å². The minimum atomic E-state index is 0.0993. The van der Waals surface area contributed by atoms with E-state index in [9.17, 15) is 10.1 Å². The van der Waals surface area contributed by atoms with Crippen LogP contribution in [0.2, 0.25) is 0 Å². The zero-order valence-electron chi connectivity index (χ0n) is 18.2. The number of amides is 1. The van der Waals surface area contributed by atoms with E-state index in [2.05, 4.69) is 24.0 Å². The minimum Gasteiger partial charge on any atom is -0.461 e. The van der Waals surface area contributed by atoms with E-state index in [1.165, 1.54) is 0 Å². The van der Waals surface area contributed by atoms with Crippen LogP contribution in [0.3, 0.4) is 0 Å². The highest BCUT2D eigenvalue weighted by Gasteiger charge is 2.26. The summed E-state index contributed by atoms with van der Waals surface area (Å²) in [5, 5.41) is 10.3. The van der Waals surface area contributed by atoms with Crippen LogP contribution in [0.5, 0.6) is 0 Å². The molecule has 1 aliphatic heterocycles. The van der Waals surface area contributed by atoms with Gasteiger partial charge in [0.1, 0.15) is 17.4 Å². The van der Waals surface area contributed by atoms with Gasteiger partial charge in [0.2, 0.25) is 17.5 Å². The van der Waals surface area contributed by atoms with Crippen LogP contribution in [-0.4, -0.2) is 60.5 Å². The first kappa shape index (κ1) is 20.9. The van der Waals surface area contributed by atoms with Gasteiger partial charge in [0, 0.05) is 57.0 Å². The Morgan fingerprint density at radius 3 is 2.68 bits per heavy atom. The quantitative estimate of drug-likeness (QED) is 0.604. The number of likely N-dealkylation sites (N-methyl/N-ethyl adjacent to an activating group) is 1. The van der Waals surface area contributed by atoms with Crippen molar-refractivity contribution in [3.63, 3.8) is 0 Å². The maximum atomic E-state index is 12.9. The second kappa shape index (κ2) is 8.82. The molecule has 3 aromatic rings. The molecular formula is C23H27N5O3. The Morgan fingerprint density at radius 1 is 1.23 bits per heavy atom. The number of piperazine rings is 1. The molecule has 0 spiro atoms. The lowest BCUT2D eigenvalue weighted by molar-refractivity contribution is -0.132. The van der Waals surface area contributed by atoms with Crippen molar-refractivity contribution in [2.45, 2.75) is 26.8 Å². The topological polar surface area (TPSA) is 89.8 Å². The van der Waals surface area contributed by atoms with E-state index >= 15 is 0 Å². The number of nitrogens with zero attached hydrogens (tertiary/aromatic N) is 5. The molecule has 0 bridgehead atoms. The molecule has 1 saturated heterocycles. The smallest absolute Gasteiger partial charge is 0.236 e. The van der Waals surface area contributed by atoms with E-state index in [4.69, 9.17) is 8.83 Å². The molecule has 4 rings (SSSR count). The molecule has 0 N–H and O–H groups in total. The van der Waals surface area contributed by atoms with Gasteiger partial charge in [-0.25, -0.2) is 4.98 Å². The monoisotopic (exact) mass is 421 g/mol. The number of anilines is 1. The number of aryl methyl sites for hydroxylation is 2. The number of fused-ring (bicyclic) bond motifs is 1. The number of oxazole rings is 1. The number of rotatable bonds is 6. The van der Waals surface area contributed by atoms with Gasteiger partial charge >= 0.3 is 0 Å². The largest absolute Gasteiger partial charge is 0.461 e. The van der Waals surface area contributed by atoms with Crippen LogP contribution >= 0.6 is 0 Å². The number of benzene rings is 1. The number of carbonyl (C=O) groups excluding carboxylic acids is 1. The summed E-state index contributed by atoms with van der Waals surface area (Å²) in [6.45, 7) is 7.23. The van der Waals surface area contributed by atoms with E-state index in [1.807, 2.05) is 39.9 Å². The number of hydrogen-bond acceptors (Lipinski definition) is 7. The van der Waals surface area contributed by atoms with E-state index in [0.29, 0.717) is 56.7 Å². The van der Waals surface area contributed by atoms with Gasteiger partial charge in [-0.15, -0.1) is 0 Å². The number of aromatic nitrogens is 1. The summed E-state index contributed by atoms with van der Waals surface area (Å²) < 4.78 is 11.6. The van der Waals surface area contributed by atoms with Crippen molar-refractivity contribution in [2.75, 3.05) is 44.7 Å². The number of para-hydroxylation sites is 1. The summed E-state index contributed by atoms with van der Waals surface area (Å²) in [7, 11) is 1.96. The van der Waals surface area contributed by atoms with Crippen LogP contribution < -0.4 is 4.90 Å². The maximum absolute atomic E-state index is 12.9. The Morgan fingerprint density at radius 2 is 1.97 bits per heavy atom. The third kappa shape index (κ3) is 4.28. The standard InChI is InChI=1S/C23H27N5O3/c1-4-20-18(17-7-5-6-8-21(17)31-20)14-26(3)15-22(29)27-9-11-28(12-10-27)23-19(13-24)25-16(2)30-23/h5-8H,4,9-12,14-15H2,1-3H3. The molecule has 31 heavy (non-hydrogen) atoms. The van der Waals surface area contributed by atoms with E-state index < -0.39 is 0 Å². The Balaban J connectivity index is 1.36. The van der Waals surface area contributed by atoms with Crippen molar-refractivity contribution in [1.82, 2.24) is 14.8 Å². The Labute approximate surface area is 181 Å². The normalized spacial score (nSPS) is 14.4. The SMILES string of the molecule is CCc1oc2ccccc2c1CN(C)CC(=O)N1CCN(c2oc(C)nc2C#N)CC1. The van der Waals surface area contributed by atoms with Gasteiger partial charge in [-0.2, -0.15) is 5.26 Å². The third-order valence-electron chi connectivity index (χ3n) is 5.68. The summed E-state index contributed by atoms with van der Waals surface area (Å²) in [4.78, 5) is 22.9. The lowest BCUT2D eigenvalue weighted by atomic mass is 10.1. The van der Waals surface area contributed by atoms with E-state index in [1.54, 1.807) is 6.92 Å². The predicted molar refractivity (Wildman–Crippen MR) is 117 cm³/mol. The molecule has 0 saturated carbocycles. The fourth-order valence-corrected chi connectivity index (χ4v) is 4.13. The van der Waals surface area contributed by atoms with Crippen LogP contribution in [0.15, 0.2) is 33.1 Å². The van der Waals surface area contributed by atoms with Crippen molar-refractivity contribution < 1.29 is 13.6 Å². The van der Waals surface area contributed by atoms with Crippen LogP contribution in [0.1, 0.15) is 29.8 Å². The zero-order chi connectivity index (χ0) is 22.0. The van der Waals surface area contributed by atoms with Crippen molar-refractivity contribution in [3.8, 4) is 6.07 Å². The van der Waals surface area contributed by atoms with Crippen molar-refractivity contribution in [3.05, 3.63) is 47.2 Å². The highest BCUT2D eigenvalue weighted by Crippen LogP contribution is 2.27. The van der Waals surface area contributed by atoms with Gasteiger partial charge in [-0.3, -0.25) is 9.69 Å². The zero-order valence-corrected chi connectivity index (χ0v) is 18.2. The third-order valence-corrected chi connectivity index (χ3v) is 5.68. The molecule has 1 aromatic carbocycles. The second-order valence-electron chi connectivity index (χ2n) is 7.89. The number of carbonyl (C=O) groups is 1. The van der Waals surface area contributed by atoms with Crippen LogP contribution in [0.4, 0.5) is 5.88 Å². The molecule has 0 unspecified atom stereocenters. The van der Waals surface area contributed by atoms with Crippen LogP contribution in [-0.2, 0) is 17.8 Å². The first-order valence-electron chi connectivity index (χ1n) is 10.6. The molecular weight excluding hydrogens is 394 g/mol. The highest BCUT2D eigenvalue weighted by atomic mass is 16.4. The van der Waals surface area contributed by atoms with Gasteiger partial charge in [-0.05, 0) is 13.1 Å². The van der Waals surface area contributed by atoms with Crippen molar-refractivity contribution in [2.24, 2.45) is 0 Å². The lowest BCUT2D eigenvalue weighted by Crippen LogP contribution is -2.51. The average Bonchev–Trinajstić information content (AvgIpc) is 3.33. The van der Waals surface area contributed by atoms with Gasteiger partial charge in [-0.1, -0.05) is 25.1 Å². The minimum absolute atomic E-state index is 0.0993. The summed E-state index contributed by atoms with van der Waals surface area (Å²) in [5.41, 5.74) is 2.35. The second-order valence-corrected chi connectivity index (χ2v) is 7.89. The molecule has 0 atom stereocenters. The van der Waals surface area contributed by atoms with Gasteiger partial charge in [0.15, 0.2) is 5.89 Å². The van der Waals surface area contributed by atoms with Gasteiger partial charge < -0.3 is 18.6 Å². The van der Waals surface area contributed by atoms with Crippen molar-refractivity contribution >= 4 is 22.8 Å². The summed E-state index contributed by atoms with van der Waals surface area (Å²) in [6, 6.07) is 10.1. The molecule has 8 nitrogen and oxygen atoms in total. The number of hydrogen-bond donors (Lipinski definition) is 0. The van der Waals surface area contributed by atoms with Crippen molar-refractivity contribution in [1.29, 1.82) is 5.26 Å². The first-order chi connectivity index (χ1) is 15.0. The predicted octanol–water partition coefficient (Wildman–Crippen LogP) is 2.94. The molecule has 8 heteroatoms. The molecule has 1 aliphatic rings. The molecule has 3 heterocycles. The summed E-state index contributed by atoms with van der Waals surface area (Å²) >= 11 is 0. The maximum Gasteiger partial charge on any atom is 0.236 e. The molecule has 1 fully saturated rings. The molecule has 0 aliphatic carbocycles.